The van der Waals surface area contributed by atoms with Crippen LogP contribution in [0.5, 0.6) is 5.75 Å². The van der Waals surface area contributed by atoms with Crippen LogP contribution in [0.4, 0.5) is 0 Å². The normalized spacial score (nSPS) is 35.0. The molecule has 8 unspecified atom stereocenters. The molecule has 0 radical (unpaired) electrons. The van der Waals surface area contributed by atoms with Gasteiger partial charge in [0.2, 0.25) is 0 Å². The van der Waals surface area contributed by atoms with Gasteiger partial charge in [-0.2, -0.15) is 0 Å². The molecule has 0 bridgehead atoms. The molecular formula is C31H38N2O9. The highest BCUT2D eigenvalue weighted by atomic mass is 16.6. The predicted octanol–water partition coefficient (Wildman–Crippen LogP) is 4.21. The van der Waals surface area contributed by atoms with Gasteiger partial charge in [-0.3, -0.25) is 20.0 Å². The molecule has 2 aliphatic carbocycles. The van der Waals surface area contributed by atoms with Gasteiger partial charge in [-0.25, -0.2) is 4.79 Å². The molecule has 226 valence electrons. The highest BCUT2D eigenvalue weighted by Crippen LogP contribution is 2.67. The molecule has 0 amide bonds. The lowest BCUT2D eigenvalue weighted by Gasteiger charge is -2.66. The molecule has 5 rings (SSSR count). The van der Waals surface area contributed by atoms with Crippen LogP contribution in [0.1, 0.15) is 72.5 Å². The van der Waals surface area contributed by atoms with Gasteiger partial charge in [0.05, 0.1) is 12.7 Å². The van der Waals surface area contributed by atoms with Crippen LogP contribution >= 0.6 is 0 Å². The van der Waals surface area contributed by atoms with Gasteiger partial charge in [-0.05, 0) is 49.7 Å². The third kappa shape index (κ3) is 4.77. The Labute approximate surface area is 244 Å². The molecule has 11 heteroatoms. The monoisotopic (exact) mass is 582 g/mol. The summed E-state index contributed by atoms with van der Waals surface area (Å²) in [7, 11) is 0. The first-order valence-electron chi connectivity index (χ1n) is 14.2. The summed E-state index contributed by atoms with van der Waals surface area (Å²) in [5.74, 6) is -1.59. The molecule has 11 nitrogen and oxygen atoms in total. The smallest absolute Gasteiger partial charge is 0.345 e. The maximum absolute atomic E-state index is 13.4. The molecule has 2 saturated carbocycles. The summed E-state index contributed by atoms with van der Waals surface area (Å²) >= 11 is 0. The van der Waals surface area contributed by atoms with Gasteiger partial charge < -0.3 is 28.5 Å². The third-order valence-corrected chi connectivity index (χ3v) is 9.74. The maximum Gasteiger partial charge on any atom is 0.345 e. The number of nitrogens with one attached hydrogen (secondary N) is 1. The minimum Gasteiger partial charge on any atom is -0.482 e. The van der Waals surface area contributed by atoms with Crippen molar-refractivity contribution in [3.63, 3.8) is 0 Å². The topological polar surface area (TPSA) is 158 Å². The van der Waals surface area contributed by atoms with Gasteiger partial charge >= 0.3 is 17.6 Å². The predicted molar refractivity (Wildman–Crippen MR) is 150 cm³/mol. The Balaban J connectivity index is 1.66. The van der Waals surface area contributed by atoms with Crippen LogP contribution in [0.3, 0.4) is 0 Å². The van der Waals surface area contributed by atoms with Crippen molar-refractivity contribution in [1.82, 2.24) is 4.98 Å². The SMILES string of the molecule is CC(=N)OCC1(C)C(OC(C)=O)CCC2(C)C1CC(OC(C)=O)C1(C)Oc3cc(-c4cccnc4)oc(=O)c3C(O)C21. The van der Waals surface area contributed by atoms with Gasteiger partial charge in [0.1, 0.15) is 34.9 Å². The van der Waals surface area contributed by atoms with Crippen molar-refractivity contribution in [3.8, 4) is 17.1 Å². The number of pyridine rings is 1. The van der Waals surface area contributed by atoms with Crippen molar-refractivity contribution in [2.24, 2.45) is 22.7 Å². The van der Waals surface area contributed by atoms with E-state index in [1.165, 1.54) is 20.8 Å². The first-order chi connectivity index (χ1) is 19.7. The van der Waals surface area contributed by atoms with E-state index < -0.39 is 58.2 Å². The molecule has 1 aliphatic heterocycles. The number of hydrogen-bond donors (Lipinski definition) is 2. The first-order valence-corrected chi connectivity index (χ1v) is 14.2. The number of carbonyl (C=O) groups excluding carboxylic acids is 2. The second-order valence-electron chi connectivity index (χ2n) is 12.5. The van der Waals surface area contributed by atoms with E-state index in [2.05, 4.69) is 4.98 Å². The molecule has 2 N–H and O–H groups in total. The minimum atomic E-state index is -1.32. The van der Waals surface area contributed by atoms with Crippen molar-refractivity contribution in [1.29, 1.82) is 5.41 Å². The second-order valence-corrected chi connectivity index (χ2v) is 12.5. The van der Waals surface area contributed by atoms with Gasteiger partial charge in [0.25, 0.3) is 0 Å². The van der Waals surface area contributed by atoms with Crippen molar-refractivity contribution in [2.75, 3.05) is 6.61 Å². The van der Waals surface area contributed by atoms with E-state index in [4.69, 9.17) is 28.8 Å². The fourth-order valence-corrected chi connectivity index (χ4v) is 8.04. The number of fused-ring (bicyclic) bond motifs is 4. The van der Waals surface area contributed by atoms with Gasteiger partial charge in [-0.15, -0.1) is 0 Å². The highest BCUT2D eigenvalue weighted by Gasteiger charge is 2.70. The number of esters is 2. The zero-order chi connectivity index (χ0) is 30.6. The maximum atomic E-state index is 13.4. The molecule has 0 saturated heterocycles. The largest absolute Gasteiger partial charge is 0.482 e. The Hall–Kier alpha value is -3.73. The third-order valence-electron chi connectivity index (χ3n) is 9.74. The molecule has 42 heavy (non-hydrogen) atoms. The standard InChI is InChI=1S/C31H38N2O9/c1-16(32)38-15-30(5)22-13-24(40-18(3)35)31(6)27(29(22,4)10-9-23(30)39-17(2)34)26(36)25-21(42-31)12-20(41-28(25)37)19-8-7-11-33-14-19/h7-8,11-12,14,22-24,26-27,32,36H,9-10,13,15H2,1-6H3. The quantitative estimate of drug-likeness (QED) is 0.297. The number of aliphatic hydroxyl groups excluding tert-OH is 1. The number of rotatable bonds is 5. The number of aliphatic hydroxyl groups is 1. The number of hydrogen-bond acceptors (Lipinski definition) is 11. The number of carbonyl (C=O) groups is 2. The average molecular weight is 583 g/mol. The number of aromatic nitrogens is 1. The number of ether oxygens (including phenoxy) is 4. The van der Waals surface area contributed by atoms with Crippen molar-refractivity contribution < 1.29 is 38.1 Å². The molecule has 2 aromatic heterocycles. The van der Waals surface area contributed by atoms with Gasteiger partial charge in [0, 0.05) is 56.1 Å². The summed E-state index contributed by atoms with van der Waals surface area (Å²) in [6, 6.07) is 5.03. The van der Waals surface area contributed by atoms with Crippen LogP contribution in [-0.2, 0) is 23.8 Å². The van der Waals surface area contributed by atoms with Crippen LogP contribution in [0.25, 0.3) is 11.3 Å². The Morgan fingerprint density at radius 3 is 2.45 bits per heavy atom. The van der Waals surface area contributed by atoms with Crippen molar-refractivity contribution in [3.05, 3.63) is 46.6 Å². The summed E-state index contributed by atoms with van der Waals surface area (Å²) < 4.78 is 29.8. The summed E-state index contributed by atoms with van der Waals surface area (Å²) in [5, 5.41) is 20.0. The zero-order valence-corrected chi connectivity index (χ0v) is 24.8. The van der Waals surface area contributed by atoms with E-state index in [1.807, 2.05) is 20.8 Å². The van der Waals surface area contributed by atoms with Crippen LogP contribution in [0, 0.1) is 28.1 Å². The van der Waals surface area contributed by atoms with Gasteiger partial charge in [0.15, 0.2) is 5.90 Å². The lowest BCUT2D eigenvalue weighted by Crippen LogP contribution is -2.71. The Bertz CT molecular complexity index is 1460. The molecule has 0 spiro atoms. The Kier molecular flexibility index (Phi) is 7.45. The van der Waals surface area contributed by atoms with Crippen LogP contribution in [-0.4, -0.2) is 52.3 Å². The van der Waals surface area contributed by atoms with E-state index in [1.54, 1.807) is 30.6 Å². The van der Waals surface area contributed by atoms with E-state index in [-0.39, 0.29) is 35.5 Å². The molecule has 3 heterocycles. The van der Waals surface area contributed by atoms with Gasteiger partial charge in [-0.1, -0.05) is 13.8 Å². The molecule has 3 aliphatic rings. The van der Waals surface area contributed by atoms with Crippen molar-refractivity contribution in [2.45, 2.75) is 84.7 Å². The molecular weight excluding hydrogens is 544 g/mol. The lowest BCUT2D eigenvalue weighted by molar-refractivity contribution is -0.269. The summed E-state index contributed by atoms with van der Waals surface area (Å²) in [6.45, 7) is 10.1. The van der Waals surface area contributed by atoms with E-state index in [9.17, 15) is 19.5 Å². The Morgan fingerprint density at radius 1 is 1.14 bits per heavy atom. The van der Waals surface area contributed by atoms with E-state index in [0.717, 1.165) is 0 Å². The second kappa shape index (κ2) is 10.5. The fraction of sp³-hybridized carbons (Fsp3) is 0.581. The minimum absolute atomic E-state index is 0.00367. The first kappa shape index (κ1) is 29.8. The summed E-state index contributed by atoms with van der Waals surface area (Å²) in [6.07, 6.45) is 1.78. The fourth-order valence-electron chi connectivity index (χ4n) is 8.04. The number of nitrogens with zero attached hydrogens (tertiary/aromatic N) is 1. The molecule has 2 fully saturated rings. The van der Waals surface area contributed by atoms with E-state index in [0.29, 0.717) is 24.8 Å². The van der Waals surface area contributed by atoms with Crippen molar-refractivity contribution >= 4 is 17.8 Å². The molecule has 0 aromatic carbocycles. The highest BCUT2D eigenvalue weighted by molar-refractivity contribution is 5.69. The summed E-state index contributed by atoms with van der Waals surface area (Å²) in [4.78, 5) is 42.1. The van der Waals surface area contributed by atoms with Crippen LogP contribution < -0.4 is 10.4 Å². The van der Waals surface area contributed by atoms with Crippen LogP contribution in [0.15, 0.2) is 39.8 Å². The molecule has 2 aromatic rings. The Morgan fingerprint density at radius 2 is 1.83 bits per heavy atom. The summed E-state index contributed by atoms with van der Waals surface area (Å²) in [5.41, 5.74) is -2.90. The lowest BCUT2D eigenvalue weighted by atomic mass is 9.42. The molecule has 8 atom stereocenters. The van der Waals surface area contributed by atoms with E-state index >= 15 is 0 Å². The average Bonchev–Trinajstić information content (AvgIpc) is 2.90. The zero-order valence-electron chi connectivity index (χ0n) is 24.8. The van der Waals surface area contributed by atoms with Crippen LogP contribution in [0.2, 0.25) is 0 Å².